The quantitative estimate of drug-likeness (QED) is 0.457. The number of aryl methyl sites for hydroxylation is 2. The Balaban J connectivity index is 1.52. The number of benzene rings is 2. The van der Waals surface area contributed by atoms with E-state index in [2.05, 4.69) is 35.3 Å². The van der Waals surface area contributed by atoms with E-state index in [-0.39, 0.29) is 6.79 Å². The molecule has 0 bridgehead atoms. The summed E-state index contributed by atoms with van der Waals surface area (Å²) >= 11 is 0. The second kappa shape index (κ2) is 8.03. The highest BCUT2D eigenvalue weighted by atomic mass is 16.7. The molecule has 5 heteroatoms. The van der Waals surface area contributed by atoms with E-state index < -0.39 is 0 Å². The van der Waals surface area contributed by atoms with Crippen molar-refractivity contribution in [3.63, 3.8) is 0 Å². The molecule has 5 rings (SSSR count). The zero-order chi connectivity index (χ0) is 20.3. The van der Waals surface area contributed by atoms with Crippen molar-refractivity contribution >= 4 is 0 Å². The Kier molecular flexibility index (Phi) is 4.93. The average molecular weight is 397 g/mol. The molecule has 3 heterocycles. The number of fused-ring (bicyclic) bond motifs is 1. The van der Waals surface area contributed by atoms with Crippen LogP contribution in [-0.4, -0.2) is 21.6 Å². The summed E-state index contributed by atoms with van der Waals surface area (Å²) in [6.07, 6.45) is 6.71. The zero-order valence-corrected chi connectivity index (χ0v) is 16.9. The van der Waals surface area contributed by atoms with E-state index in [0.29, 0.717) is 0 Å². The molecule has 0 radical (unpaired) electrons. The van der Waals surface area contributed by atoms with E-state index in [1.807, 2.05) is 54.5 Å². The monoisotopic (exact) mass is 397 g/mol. The van der Waals surface area contributed by atoms with E-state index in [1.54, 1.807) is 0 Å². The third kappa shape index (κ3) is 3.54. The minimum absolute atomic E-state index is 0.267. The lowest BCUT2D eigenvalue weighted by atomic mass is 9.96. The summed E-state index contributed by atoms with van der Waals surface area (Å²) in [7, 11) is 2.03. The molecule has 0 saturated carbocycles. The second-order valence-corrected chi connectivity index (χ2v) is 7.44. The Bertz CT molecular complexity index is 1150. The van der Waals surface area contributed by atoms with Gasteiger partial charge in [-0.05, 0) is 60.7 Å². The Hall–Kier alpha value is -3.60. The third-order valence-corrected chi connectivity index (χ3v) is 5.50. The van der Waals surface area contributed by atoms with Crippen LogP contribution in [0.4, 0.5) is 0 Å². The van der Waals surface area contributed by atoms with Gasteiger partial charge in [-0.1, -0.05) is 30.3 Å². The first-order valence-corrected chi connectivity index (χ1v) is 10.2. The fraction of sp³-hybridized carbons (Fsp3) is 0.200. The van der Waals surface area contributed by atoms with Crippen LogP contribution in [0.3, 0.4) is 0 Å². The van der Waals surface area contributed by atoms with Crippen molar-refractivity contribution in [2.75, 3.05) is 6.79 Å². The highest BCUT2D eigenvalue weighted by Crippen LogP contribution is 2.40. The van der Waals surface area contributed by atoms with E-state index in [1.165, 1.54) is 11.3 Å². The van der Waals surface area contributed by atoms with E-state index in [9.17, 15) is 0 Å². The van der Waals surface area contributed by atoms with E-state index in [4.69, 9.17) is 14.6 Å². The molecule has 2 aromatic heterocycles. The first-order valence-electron chi connectivity index (χ1n) is 10.2. The highest BCUT2D eigenvalue weighted by molar-refractivity contribution is 5.83. The van der Waals surface area contributed by atoms with Crippen molar-refractivity contribution in [1.82, 2.24) is 14.8 Å². The second-order valence-electron chi connectivity index (χ2n) is 7.44. The summed E-state index contributed by atoms with van der Waals surface area (Å²) in [4.78, 5) is 4.20. The first kappa shape index (κ1) is 18.4. The standard InChI is InChI=1S/C25H23N3O2/c1-28-21(9-5-8-18-6-3-2-4-7-18)24(19-12-14-26-15-13-19)25(27-28)20-10-11-22-23(16-20)30-17-29-22/h2-4,6-7,10-16H,5,8-9,17H2,1H3. The lowest BCUT2D eigenvalue weighted by Crippen LogP contribution is -2.00. The Morgan fingerprint density at radius 2 is 1.67 bits per heavy atom. The van der Waals surface area contributed by atoms with Crippen molar-refractivity contribution in [2.24, 2.45) is 7.05 Å². The molecule has 0 atom stereocenters. The summed E-state index contributed by atoms with van der Waals surface area (Å²) in [5.41, 5.74) is 6.85. The predicted molar refractivity (Wildman–Crippen MR) is 116 cm³/mol. The van der Waals surface area contributed by atoms with Gasteiger partial charge in [0.15, 0.2) is 11.5 Å². The molecule has 0 unspecified atom stereocenters. The number of hydrogen-bond donors (Lipinski definition) is 0. The van der Waals surface area contributed by atoms with Gasteiger partial charge in [0.05, 0.1) is 0 Å². The Morgan fingerprint density at radius 1 is 0.867 bits per heavy atom. The molecule has 1 aliphatic heterocycles. The summed E-state index contributed by atoms with van der Waals surface area (Å²) in [6, 6.07) is 20.7. The minimum atomic E-state index is 0.267. The van der Waals surface area contributed by atoms with E-state index in [0.717, 1.165) is 53.1 Å². The van der Waals surface area contributed by atoms with Crippen LogP contribution in [0, 0.1) is 0 Å². The van der Waals surface area contributed by atoms with Crippen LogP contribution in [0.5, 0.6) is 11.5 Å². The third-order valence-electron chi connectivity index (χ3n) is 5.50. The summed E-state index contributed by atoms with van der Waals surface area (Å²) in [6.45, 7) is 0.267. The lowest BCUT2D eigenvalue weighted by molar-refractivity contribution is 0.174. The lowest BCUT2D eigenvalue weighted by Gasteiger charge is -2.09. The minimum Gasteiger partial charge on any atom is -0.454 e. The van der Waals surface area contributed by atoms with Crippen LogP contribution in [0.2, 0.25) is 0 Å². The van der Waals surface area contributed by atoms with Crippen LogP contribution < -0.4 is 9.47 Å². The molecule has 0 fully saturated rings. The smallest absolute Gasteiger partial charge is 0.231 e. The topological polar surface area (TPSA) is 49.2 Å². The molecule has 2 aromatic carbocycles. The largest absolute Gasteiger partial charge is 0.454 e. The maximum absolute atomic E-state index is 5.59. The van der Waals surface area contributed by atoms with Crippen molar-refractivity contribution in [3.05, 3.63) is 84.3 Å². The fourth-order valence-corrected chi connectivity index (χ4v) is 4.02. The Labute approximate surface area is 175 Å². The van der Waals surface area contributed by atoms with Gasteiger partial charge in [0.1, 0.15) is 5.69 Å². The highest BCUT2D eigenvalue weighted by Gasteiger charge is 2.21. The molecule has 0 amide bonds. The normalized spacial score (nSPS) is 12.3. The fourth-order valence-electron chi connectivity index (χ4n) is 4.02. The van der Waals surface area contributed by atoms with Crippen LogP contribution in [0.25, 0.3) is 22.4 Å². The zero-order valence-electron chi connectivity index (χ0n) is 16.9. The molecule has 0 N–H and O–H groups in total. The number of nitrogens with zero attached hydrogens (tertiary/aromatic N) is 3. The maximum atomic E-state index is 5.59. The molecule has 150 valence electrons. The molecular formula is C25H23N3O2. The molecule has 4 aromatic rings. The van der Waals surface area contributed by atoms with Gasteiger partial charge in [0.25, 0.3) is 0 Å². The van der Waals surface area contributed by atoms with Gasteiger partial charge in [-0.3, -0.25) is 9.67 Å². The molecule has 0 saturated heterocycles. The van der Waals surface area contributed by atoms with Gasteiger partial charge in [-0.15, -0.1) is 0 Å². The molecule has 0 aliphatic carbocycles. The molecule has 1 aliphatic rings. The molecular weight excluding hydrogens is 374 g/mol. The Morgan fingerprint density at radius 3 is 2.50 bits per heavy atom. The average Bonchev–Trinajstić information content (AvgIpc) is 3.39. The van der Waals surface area contributed by atoms with Crippen LogP contribution in [0.1, 0.15) is 17.7 Å². The summed E-state index contributed by atoms with van der Waals surface area (Å²) in [5, 5.41) is 4.91. The van der Waals surface area contributed by atoms with Crippen LogP contribution in [0.15, 0.2) is 73.1 Å². The van der Waals surface area contributed by atoms with Gasteiger partial charge in [-0.25, -0.2) is 0 Å². The maximum Gasteiger partial charge on any atom is 0.231 e. The van der Waals surface area contributed by atoms with Crippen molar-refractivity contribution in [2.45, 2.75) is 19.3 Å². The summed E-state index contributed by atoms with van der Waals surface area (Å²) in [5.74, 6) is 1.55. The summed E-state index contributed by atoms with van der Waals surface area (Å²) < 4.78 is 13.1. The van der Waals surface area contributed by atoms with Crippen molar-refractivity contribution in [3.8, 4) is 33.9 Å². The predicted octanol–water partition coefficient (Wildman–Crippen LogP) is 5.05. The van der Waals surface area contributed by atoms with Gasteiger partial charge in [0, 0.05) is 36.3 Å². The van der Waals surface area contributed by atoms with Gasteiger partial charge in [0.2, 0.25) is 6.79 Å². The molecule has 5 nitrogen and oxygen atoms in total. The number of ether oxygens (including phenoxy) is 2. The molecule has 30 heavy (non-hydrogen) atoms. The first-order chi connectivity index (χ1) is 14.8. The van der Waals surface area contributed by atoms with Crippen LogP contribution in [-0.2, 0) is 19.9 Å². The number of hydrogen-bond acceptors (Lipinski definition) is 4. The number of aromatic nitrogens is 3. The van der Waals surface area contributed by atoms with E-state index >= 15 is 0 Å². The number of rotatable bonds is 6. The van der Waals surface area contributed by atoms with Crippen LogP contribution >= 0.6 is 0 Å². The SMILES string of the molecule is Cn1nc(-c2ccc3c(c2)OCO3)c(-c2ccncc2)c1CCCc1ccccc1. The van der Waals surface area contributed by atoms with Gasteiger partial charge in [-0.2, -0.15) is 5.10 Å². The van der Waals surface area contributed by atoms with Gasteiger partial charge < -0.3 is 9.47 Å². The van der Waals surface area contributed by atoms with Crippen molar-refractivity contribution in [1.29, 1.82) is 0 Å². The van der Waals surface area contributed by atoms with Crippen molar-refractivity contribution < 1.29 is 9.47 Å². The molecule has 0 spiro atoms. The number of pyridine rings is 1. The van der Waals surface area contributed by atoms with Gasteiger partial charge >= 0.3 is 0 Å².